The number of aliphatic hydroxyl groups excluding tert-OH is 1. The Hall–Kier alpha value is -1.39. The van der Waals surface area contributed by atoms with E-state index >= 15 is 0 Å². The Kier molecular flexibility index (Phi) is 5.53. The monoisotopic (exact) mass is 223 g/mol. The summed E-state index contributed by atoms with van der Waals surface area (Å²) in [6, 6.07) is 7.44. The molecular weight excluding hydrogens is 206 g/mol. The zero-order valence-electron chi connectivity index (χ0n) is 9.40. The fraction of sp³-hybridized carbons (Fsp3) is 0.417. The molecule has 1 aromatic rings. The van der Waals surface area contributed by atoms with Gasteiger partial charge in [-0.15, -0.1) is 0 Å². The van der Waals surface area contributed by atoms with Crippen LogP contribution in [0.3, 0.4) is 0 Å². The van der Waals surface area contributed by atoms with E-state index in [4.69, 9.17) is 9.84 Å². The van der Waals surface area contributed by atoms with Crippen LogP contribution in [-0.2, 0) is 22.7 Å². The van der Waals surface area contributed by atoms with Crippen LogP contribution in [-0.4, -0.2) is 24.2 Å². The number of benzene rings is 1. The molecule has 0 radical (unpaired) electrons. The van der Waals surface area contributed by atoms with E-state index in [1.54, 1.807) is 0 Å². The normalized spacial score (nSPS) is 10.1. The summed E-state index contributed by atoms with van der Waals surface area (Å²) in [5.74, 6) is -0.118. The second kappa shape index (κ2) is 6.98. The van der Waals surface area contributed by atoms with E-state index in [1.165, 1.54) is 0 Å². The maximum absolute atomic E-state index is 11.2. The van der Waals surface area contributed by atoms with Crippen molar-refractivity contribution in [3.63, 3.8) is 0 Å². The third-order valence-corrected chi connectivity index (χ3v) is 2.13. The number of rotatable bonds is 6. The molecule has 0 aliphatic heterocycles. The first kappa shape index (κ1) is 12.7. The first-order valence-corrected chi connectivity index (χ1v) is 5.29. The van der Waals surface area contributed by atoms with Crippen LogP contribution in [0, 0.1) is 0 Å². The number of ether oxygens (including phenoxy) is 1. The van der Waals surface area contributed by atoms with Crippen LogP contribution < -0.4 is 5.32 Å². The quantitative estimate of drug-likeness (QED) is 0.751. The summed E-state index contributed by atoms with van der Waals surface area (Å²) in [5.41, 5.74) is 1.87. The molecule has 1 amide bonds. The van der Waals surface area contributed by atoms with Crippen molar-refractivity contribution in [2.24, 2.45) is 0 Å². The molecule has 4 nitrogen and oxygen atoms in total. The lowest BCUT2D eigenvalue weighted by Gasteiger charge is -2.05. The molecule has 0 heterocycles. The van der Waals surface area contributed by atoms with Crippen molar-refractivity contribution < 1.29 is 14.6 Å². The van der Waals surface area contributed by atoms with Crippen LogP contribution in [0.2, 0.25) is 0 Å². The van der Waals surface area contributed by atoms with Crippen molar-refractivity contribution in [2.75, 3.05) is 13.2 Å². The molecule has 0 bridgehead atoms. The van der Waals surface area contributed by atoms with Gasteiger partial charge in [0.25, 0.3) is 0 Å². The van der Waals surface area contributed by atoms with E-state index < -0.39 is 0 Å². The Bertz CT molecular complexity index is 322. The number of amides is 1. The minimum absolute atomic E-state index is 0.0387. The lowest BCUT2D eigenvalue weighted by Crippen LogP contribution is -2.27. The molecule has 0 spiro atoms. The highest BCUT2D eigenvalue weighted by atomic mass is 16.5. The summed E-state index contributed by atoms with van der Waals surface area (Å²) in [7, 11) is 0. The van der Waals surface area contributed by atoms with Crippen molar-refractivity contribution >= 4 is 5.91 Å². The molecule has 1 rings (SSSR count). The smallest absolute Gasteiger partial charge is 0.246 e. The van der Waals surface area contributed by atoms with Gasteiger partial charge in [0.15, 0.2) is 0 Å². The van der Waals surface area contributed by atoms with Gasteiger partial charge in [0, 0.05) is 13.2 Å². The highest BCUT2D eigenvalue weighted by Crippen LogP contribution is 2.03. The maximum atomic E-state index is 11.2. The van der Waals surface area contributed by atoms with Gasteiger partial charge in [-0.1, -0.05) is 24.3 Å². The fourth-order valence-corrected chi connectivity index (χ4v) is 1.21. The van der Waals surface area contributed by atoms with E-state index in [2.05, 4.69) is 5.32 Å². The lowest BCUT2D eigenvalue weighted by molar-refractivity contribution is -0.125. The molecule has 16 heavy (non-hydrogen) atoms. The second-order valence-electron chi connectivity index (χ2n) is 3.39. The minimum atomic E-state index is -0.118. The molecule has 0 aliphatic carbocycles. The van der Waals surface area contributed by atoms with Crippen molar-refractivity contribution in [1.82, 2.24) is 5.32 Å². The van der Waals surface area contributed by atoms with E-state index in [0.717, 1.165) is 11.1 Å². The summed E-state index contributed by atoms with van der Waals surface area (Å²) in [4.78, 5) is 11.2. The predicted octanol–water partition coefficient (Wildman–Crippen LogP) is 0.832. The number of carbonyl (C=O) groups is 1. The van der Waals surface area contributed by atoms with Gasteiger partial charge in [0.05, 0.1) is 6.61 Å². The van der Waals surface area contributed by atoms with Crippen LogP contribution in [0.5, 0.6) is 0 Å². The first-order chi connectivity index (χ1) is 7.76. The van der Waals surface area contributed by atoms with Crippen molar-refractivity contribution in [1.29, 1.82) is 0 Å². The summed E-state index contributed by atoms with van der Waals surface area (Å²) in [5, 5.41) is 11.6. The number of nitrogens with one attached hydrogen (secondary N) is 1. The third kappa shape index (κ3) is 4.42. The molecule has 0 fully saturated rings. The topological polar surface area (TPSA) is 58.6 Å². The molecule has 2 N–H and O–H groups in total. The Balaban J connectivity index is 2.33. The third-order valence-electron chi connectivity index (χ3n) is 2.13. The van der Waals surface area contributed by atoms with Crippen molar-refractivity contribution in [3.05, 3.63) is 35.4 Å². The van der Waals surface area contributed by atoms with E-state index in [-0.39, 0.29) is 19.1 Å². The van der Waals surface area contributed by atoms with Gasteiger partial charge >= 0.3 is 0 Å². The molecule has 0 atom stereocenters. The summed E-state index contributed by atoms with van der Waals surface area (Å²) in [6.45, 7) is 3.01. The average Bonchev–Trinajstić information content (AvgIpc) is 2.34. The fourth-order valence-electron chi connectivity index (χ4n) is 1.21. The second-order valence-corrected chi connectivity index (χ2v) is 3.39. The van der Waals surface area contributed by atoms with Crippen LogP contribution in [0.1, 0.15) is 18.1 Å². The highest BCUT2D eigenvalue weighted by molar-refractivity contribution is 5.77. The predicted molar refractivity (Wildman–Crippen MR) is 60.7 cm³/mol. The molecule has 0 saturated heterocycles. The van der Waals surface area contributed by atoms with Gasteiger partial charge in [-0.3, -0.25) is 4.79 Å². The van der Waals surface area contributed by atoms with Crippen molar-refractivity contribution in [3.8, 4) is 0 Å². The lowest BCUT2D eigenvalue weighted by atomic mass is 10.1. The van der Waals surface area contributed by atoms with Crippen LogP contribution in [0.25, 0.3) is 0 Å². The van der Waals surface area contributed by atoms with Gasteiger partial charge in [-0.05, 0) is 18.1 Å². The minimum Gasteiger partial charge on any atom is -0.392 e. The maximum Gasteiger partial charge on any atom is 0.246 e. The van der Waals surface area contributed by atoms with Gasteiger partial charge in [-0.25, -0.2) is 0 Å². The summed E-state index contributed by atoms with van der Waals surface area (Å²) < 4.78 is 4.98. The SMILES string of the molecule is CCOCC(=O)NCc1ccc(CO)cc1. The molecular formula is C12H17NO3. The molecule has 0 aromatic heterocycles. The Labute approximate surface area is 95.2 Å². The zero-order valence-corrected chi connectivity index (χ0v) is 9.40. The Morgan fingerprint density at radius 1 is 1.31 bits per heavy atom. The summed E-state index contributed by atoms with van der Waals surface area (Å²) >= 11 is 0. The van der Waals surface area contributed by atoms with Gasteiger partial charge < -0.3 is 15.2 Å². The van der Waals surface area contributed by atoms with Gasteiger partial charge in [-0.2, -0.15) is 0 Å². The van der Waals surface area contributed by atoms with Crippen LogP contribution in [0.4, 0.5) is 0 Å². The van der Waals surface area contributed by atoms with Gasteiger partial charge in [0.2, 0.25) is 5.91 Å². The highest BCUT2D eigenvalue weighted by Gasteiger charge is 2.00. The van der Waals surface area contributed by atoms with Gasteiger partial charge in [0.1, 0.15) is 6.61 Å². The van der Waals surface area contributed by atoms with E-state index in [9.17, 15) is 4.79 Å². The molecule has 4 heteroatoms. The number of hydrogen-bond acceptors (Lipinski definition) is 3. The average molecular weight is 223 g/mol. The summed E-state index contributed by atoms with van der Waals surface area (Å²) in [6.07, 6.45) is 0. The molecule has 0 unspecified atom stereocenters. The Morgan fingerprint density at radius 3 is 2.50 bits per heavy atom. The zero-order chi connectivity index (χ0) is 11.8. The molecule has 88 valence electrons. The molecule has 1 aromatic carbocycles. The van der Waals surface area contributed by atoms with E-state index in [1.807, 2.05) is 31.2 Å². The molecule has 0 aliphatic rings. The standard InChI is InChI=1S/C12H17NO3/c1-2-16-9-12(15)13-7-10-3-5-11(8-14)6-4-10/h3-6,14H,2,7-9H2,1H3,(H,13,15). The Morgan fingerprint density at radius 2 is 1.94 bits per heavy atom. The van der Waals surface area contributed by atoms with Crippen molar-refractivity contribution in [2.45, 2.75) is 20.1 Å². The first-order valence-electron chi connectivity index (χ1n) is 5.29. The largest absolute Gasteiger partial charge is 0.392 e. The van der Waals surface area contributed by atoms with Crippen LogP contribution >= 0.6 is 0 Å². The molecule has 0 saturated carbocycles. The number of carbonyl (C=O) groups excluding carboxylic acids is 1. The number of aliphatic hydroxyl groups is 1. The van der Waals surface area contributed by atoms with Crippen LogP contribution in [0.15, 0.2) is 24.3 Å². The number of hydrogen-bond donors (Lipinski definition) is 2. The van der Waals surface area contributed by atoms with E-state index in [0.29, 0.717) is 13.2 Å².